The van der Waals surface area contributed by atoms with Crippen LogP contribution in [0, 0.1) is 0 Å². The number of anilines is 1. The number of nitrogens with one attached hydrogen (secondary N) is 1. The average Bonchev–Trinajstić information content (AvgIpc) is 2.82. The van der Waals surface area contributed by atoms with E-state index in [0.717, 1.165) is 22.6 Å². The third-order valence-electron chi connectivity index (χ3n) is 4.50. The molecule has 6 heteroatoms. The van der Waals surface area contributed by atoms with Crippen LogP contribution in [-0.2, 0) is 4.79 Å². The summed E-state index contributed by atoms with van der Waals surface area (Å²) in [7, 11) is 3.26. The van der Waals surface area contributed by atoms with Crippen LogP contribution in [0.3, 0.4) is 0 Å². The zero-order valence-electron chi connectivity index (χ0n) is 18.3. The second kappa shape index (κ2) is 10.7. The summed E-state index contributed by atoms with van der Waals surface area (Å²) in [4.78, 5) is 20.9. The molecule has 1 N–H and O–H groups in total. The van der Waals surface area contributed by atoms with Gasteiger partial charge in [-0.1, -0.05) is 43.0 Å². The summed E-state index contributed by atoms with van der Waals surface area (Å²) in [5, 5.41) is 2.69. The maximum Gasteiger partial charge on any atom is 0.253 e. The van der Waals surface area contributed by atoms with E-state index in [2.05, 4.69) is 21.9 Å². The Morgan fingerprint density at radius 3 is 1.62 bits per heavy atom. The van der Waals surface area contributed by atoms with Crippen LogP contribution in [0.5, 0.6) is 11.5 Å². The number of nitrogens with zero attached hydrogens (tertiary/aromatic N) is 2. The molecule has 1 heterocycles. The van der Waals surface area contributed by atoms with E-state index in [1.807, 2.05) is 78.9 Å². The molecule has 3 aromatic rings. The maximum atomic E-state index is 12.1. The van der Waals surface area contributed by atoms with E-state index in [0.29, 0.717) is 17.0 Å². The molecule has 0 aliphatic rings. The minimum Gasteiger partial charge on any atom is -0.497 e. The molecule has 0 aliphatic heterocycles. The molecule has 0 bridgehead atoms. The van der Waals surface area contributed by atoms with E-state index in [9.17, 15) is 4.79 Å². The molecule has 0 spiro atoms. The lowest BCUT2D eigenvalue weighted by atomic mass is 10.1. The Bertz CT molecular complexity index is 1070. The Morgan fingerprint density at radius 2 is 1.25 bits per heavy atom. The summed E-state index contributed by atoms with van der Waals surface area (Å²) in [5.41, 5.74) is 3.67. The first-order valence-electron chi connectivity index (χ1n) is 9.97. The lowest BCUT2D eigenvalue weighted by Crippen LogP contribution is -2.15. The van der Waals surface area contributed by atoms with Crippen molar-refractivity contribution in [1.29, 1.82) is 0 Å². The van der Waals surface area contributed by atoms with E-state index in [4.69, 9.17) is 9.47 Å². The highest BCUT2D eigenvalue weighted by Crippen LogP contribution is 2.17. The van der Waals surface area contributed by atoms with Crippen molar-refractivity contribution in [2.24, 2.45) is 0 Å². The quantitative estimate of drug-likeness (QED) is 0.491. The van der Waals surface area contributed by atoms with E-state index < -0.39 is 0 Å². The van der Waals surface area contributed by atoms with Crippen LogP contribution >= 0.6 is 0 Å². The number of amides is 1. The van der Waals surface area contributed by atoms with Gasteiger partial charge in [0.15, 0.2) is 0 Å². The molecule has 32 heavy (non-hydrogen) atoms. The predicted octanol–water partition coefficient (Wildman–Crippen LogP) is 5.35. The maximum absolute atomic E-state index is 12.1. The van der Waals surface area contributed by atoms with Gasteiger partial charge in [-0.2, -0.15) is 0 Å². The Hall–Kier alpha value is -4.19. The normalized spacial score (nSPS) is 11.0. The molecule has 3 rings (SSSR count). The standard InChI is InChI=1S/C26H25N3O3/c1-18(2)25(30)29-26-27-21(11-5-19-7-13-23(31-3)14-8-19)17-22(28-26)12-6-20-9-15-24(32-4)16-10-20/h5-17H,1H2,2-4H3,(H,27,28,29,30)/b11-5+,12-6+. The molecule has 2 aromatic carbocycles. The molecule has 1 amide bonds. The second-order valence-corrected chi connectivity index (χ2v) is 6.99. The number of carbonyl (C=O) groups excluding carboxylic acids is 1. The molecule has 6 nitrogen and oxygen atoms in total. The second-order valence-electron chi connectivity index (χ2n) is 6.99. The van der Waals surface area contributed by atoms with Crippen molar-refractivity contribution in [2.45, 2.75) is 6.92 Å². The highest BCUT2D eigenvalue weighted by Gasteiger charge is 2.07. The molecule has 0 fully saturated rings. The van der Waals surface area contributed by atoms with Crippen molar-refractivity contribution in [2.75, 3.05) is 19.5 Å². The molecule has 0 aliphatic carbocycles. The van der Waals surface area contributed by atoms with Crippen LogP contribution in [0.4, 0.5) is 5.95 Å². The molecule has 0 saturated carbocycles. The lowest BCUT2D eigenvalue weighted by molar-refractivity contribution is -0.112. The Labute approximate surface area is 188 Å². The van der Waals surface area contributed by atoms with E-state index in [1.165, 1.54) is 0 Å². The van der Waals surface area contributed by atoms with Gasteiger partial charge in [-0.05, 0) is 60.5 Å². The van der Waals surface area contributed by atoms with Gasteiger partial charge in [0.05, 0.1) is 25.6 Å². The van der Waals surface area contributed by atoms with Crippen LogP contribution in [0.15, 0.2) is 66.7 Å². The first kappa shape index (κ1) is 22.5. The van der Waals surface area contributed by atoms with Gasteiger partial charge in [-0.25, -0.2) is 9.97 Å². The van der Waals surface area contributed by atoms with Crippen molar-refractivity contribution in [3.8, 4) is 11.5 Å². The number of methoxy groups -OCH3 is 2. The van der Waals surface area contributed by atoms with Gasteiger partial charge in [0.2, 0.25) is 5.95 Å². The third kappa shape index (κ3) is 6.40. The summed E-state index contributed by atoms with van der Waals surface area (Å²) in [6.07, 6.45) is 7.60. The van der Waals surface area contributed by atoms with Gasteiger partial charge < -0.3 is 9.47 Å². The predicted molar refractivity (Wildman–Crippen MR) is 129 cm³/mol. The highest BCUT2D eigenvalue weighted by atomic mass is 16.5. The molecule has 162 valence electrons. The zero-order valence-corrected chi connectivity index (χ0v) is 18.3. The number of rotatable bonds is 8. The average molecular weight is 428 g/mol. The van der Waals surface area contributed by atoms with Crippen LogP contribution < -0.4 is 14.8 Å². The lowest BCUT2D eigenvalue weighted by Gasteiger charge is -2.06. The SMILES string of the molecule is C=C(C)C(=O)Nc1nc(/C=C/c2ccc(OC)cc2)cc(/C=C/c2ccc(OC)cc2)n1. The smallest absolute Gasteiger partial charge is 0.253 e. The zero-order chi connectivity index (χ0) is 22.9. The van der Waals surface area contributed by atoms with Crippen molar-refractivity contribution in [3.63, 3.8) is 0 Å². The molecular formula is C26H25N3O3. The third-order valence-corrected chi connectivity index (χ3v) is 4.50. The van der Waals surface area contributed by atoms with Crippen LogP contribution in [0.25, 0.3) is 24.3 Å². The number of carbonyl (C=O) groups is 1. The van der Waals surface area contributed by atoms with Crippen LogP contribution in [0.1, 0.15) is 29.4 Å². The summed E-state index contributed by atoms with van der Waals surface area (Å²) >= 11 is 0. The fraction of sp³-hybridized carbons (Fsp3) is 0.115. The molecule has 0 unspecified atom stereocenters. The van der Waals surface area contributed by atoms with Crippen molar-refractivity contribution in [1.82, 2.24) is 9.97 Å². The molecular weight excluding hydrogens is 402 g/mol. The molecule has 1 aromatic heterocycles. The van der Waals surface area contributed by atoms with Crippen LogP contribution in [0.2, 0.25) is 0 Å². The number of hydrogen-bond acceptors (Lipinski definition) is 5. The van der Waals surface area contributed by atoms with Crippen molar-refractivity contribution < 1.29 is 14.3 Å². The highest BCUT2D eigenvalue weighted by molar-refractivity contribution is 6.01. The van der Waals surface area contributed by atoms with Gasteiger partial charge in [0.25, 0.3) is 5.91 Å². The molecule has 0 saturated heterocycles. The minimum atomic E-state index is -0.327. The summed E-state index contributed by atoms with van der Waals surface area (Å²) in [5.74, 6) is 1.47. The Kier molecular flexibility index (Phi) is 7.54. The van der Waals surface area contributed by atoms with Gasteiger partial charge in [0.1, 0.15) is 11.5 Å². The topological polar surface area (TPSA) is 73.3 Å². The first-order valence-corrected chi connectivity index (χ1v) is 9.97. The largest absolute Gasteiger partial charge is 0.497 e. The Morgan fingerprint density at radius 1 is 0.812 bits per heavy atom. The fourth-order valence-corrected chi connectivity index (χ4v) is 2.71. The van der Waals surface area contributed by atoms with Gasteiger partial charge in [-0.15, -0.1) is 0 Å². The number of ether oxygens (including phenoxy) is 2. The van der Waals surface area contributed by atoms with E-state index >= 15 is 0 Å². The van der Waals surface area contributed by atoms with Gasteiger partial charge >= 0.3 is 0 Å². The number of aromatic nitrogens is 2. The number of benzene rings is 2. The summed E-state index contributed by atoms with van der Waals surface area (Å²) < 4.78 is 10.4. The van der Waals surface area contributed by atoms with Crippen LogP contribution in [-0.4, -0.2) is 30.1 Å². The van der Waals surface area contributed by atoms with E-state index in [-0.39, 0.29) is 11.9 Å². The van der Waals surface area contributed by atoms with Gasteiger partial charge in [0, 0.05) is 5.57 Å². The van der Waals surface area contributed by atoms with Crippen molar-refractivity contribution >= 4 is 36.2 Å². The molecule has 0 atom stereocenters. The molecule has 0 radical (unpaired) electrons. The monoisotopic (exact) mass is 427 g/mol. The van der Waals surface area contributed by atoms with Gasteiger partial charge in [-0.3, -0.25) is 10.1 Å². The van der Waals surface area contributed by atoms with Crippen molar-refractivity contribution in [3.05, 3.63) is 89.3 Å². The fourth-order valence-electron chi connectivity index (χ4n) is 2.71. The summed E-state index contributed by atoms with van der Waals surface area (Å²) in [6, 6.07) is 17.2. The Balaban J connectivity index is 1.88. The minimum absolute atomic E-state index is 0.212. The van der Waals surface area contributed by atoms with E-state index in [1.54, 1.807) is 21.1 Å². The number of hydrogen-bond donors (Lipinski definition) is 1. The summed E-state index contributed by atoms with van der Waals surface area (Å²) in [6.45, 7) is 5.29. The first-order chi connectivity index (χ1) is 15.5.